The van der Waals surface area contributed by atoms with Crippen LogP contribution >= 0.6 is 0 Å². The summed E-state index contributed by atoms with van der Waals surface area (Å²) in [5, 5.41) is 0. The van der Waals surface area contributed by atoms with Crippen LogP contribution in [-0.2, 0) is 0 Å². The molecular formula is C18H26F2O. The predicted molar refractivity (Wildman–Crippen MR) is 81.8 cm³/mol. The molecule has 0 unspecified atom stereocenters. The molecular weight excluding hydrogens is 270 g/mol. The third-order valence-corrected chi connectivity index (χ3v) is 4.49. The minimum absolute atomic E-state index is 0.222. The Kier molecular flexibility index (Phi) is 6.01. The molecule has 3 heteroatoms. The SMILES string of the molecule is CCCOc1c(F)cc(C2CCC(CCC)CC2)cc1F. The molecule has 21 heavy (non-hydrogen) atoms. The first-order valence-electron chi connectivity index (χ1n) is 8.27. The van der Waals surface area contributed by atoms with Crippen molar-refractivity contribution in [2.45, 2.75) is 64.7 Å². The summed E-state index contributed by atoms with van der Waals surface area (Å²) in [5.74, 6) is -0.251. The van der Waals surface area contributed by atoms with Crippen molar-refractivity contribution in [3.8, 4) is 5.75 Å². The van der Waals surface area contributed by atoms with Gasteiger partial charge in [-0.3, -0.25) is 0 Å². The molecule has 1 aliphatic carbocycles. The van der Waals surface area contributed by atoms with E-state index in [-0.39, 0.29) is 5.75 Å². The third-order valence-electron chi connectivity index (χ3n) is 4.49. The summed E-state index contributed by atoms with van der Waals surface area (Å²) < 4.78 is 33.2. The normalized spacial score (nSPS) is 22.3. The van der Waals surface area contributed by atoms with E-state index in [1.807, 2.05) is 6.92 Å². The largest absolute Gasteiger partial charge is 0.488 e. The van der Waals surface area contributed by atoms with Crippen LogP contribution < -0.4 is 4.74 Å². The number of benzene rings is 1. The van der Waals surface area contributed by atoms with Crippen molar-refractivity contribution in [2.75, 3.05) is 6.61 Å². The minimum atomic E-state index is -0.561. The fourth-order valence-electron chi connectivity index (χ4n) is 3.35. The summed E-state index contributed by atoms with van der Waals surface area (Å²) in [5.41, 5.74) is 0.795. The Morgan fingerprint density at radius 1 is 1.00 bits per heavy atom. The second kappa shape index (κ2) is 7.77. The molecule has 0 radical (unpaired) electrons. The Bertz CT molecular complexity index is 428. The fourth-order valence-corrected chi connectivity index (χ4v) is 3.35. The van der Waals surface area contributed by atoms with Gasteiger partial charge in [0.2, 0.25) is 0 Å². The Morgan fingerprint density at radius 2 is 1.62 bits per heavy atom. The zero-order valence-electron chi connectivity index (χ0n) is 13.1. The van der Waals surface area contributed by atoms with Crippen molar-refractivity contribution in [3.05, 3.63) is 29.3 Å². The van der Waals surface area contributed by atoms with Gasteiger partial charge in [0.05, 0.1) is 6.61 Å². The second-order valence-corrected chi connectivity index (χ2v) is 6.17. The monoisotopic (exact) mass is 296 g/mol. The van der Waals surface area contributed by atoms with Gasteiger partial charge in [-0.2, -0.15) is 0 Å². The highest BCUT2D eigenvalue weighted by atomic mass is 19.1. The average Bonchev–Trinajstić information content (AvgIpc) is 2.47. The molecule has 0 heterocycles. The molecule has 0 N–H and O–H groups in total. The first kappa shape index (κ1) is 16.3. The van der Waals surface area contributed by atoms with E-state index in [2.05, 4.69) is 6.92 Å². The highest BCUT2D eigenvalue weighted by Crippen LogP contribution is 2.39. The van der Waals surface area contributed by atoms with E-state index < -0.39 is 11.6 Å². The van der Waals surface area contributed by atoms with Crippen LogP contribution in [0.5, 0.6) is 5.75 Å². The Balaban J connectivity index is 2.04. The lowest BCUT2D eigenvalue weighted by Gasteiger charge is -2.28. The minimum Gasteiger partial charge on any atom is -0.488 e. The zero-order chi connectivity index (χ0) is 15.2. The zero-order valence-corrected chi connectivity index (χ0v) is 13.1. The molecule has 0 aromatic heterocycles. The van der Waals surface area contributed by atoms with Crippen LogP contribution in [0.3, 0.4) is 0 Å². The van der Waals surface area contributed by atoms with Gasteiger partial charge in [-0.15, -0.1) is 0 Å². The van der Waals surface area contributed by atoms with Gasteiger partial charge in [0.25, 0.3) is 0 Å². The van der Waals surface area contributed by atoms with Gasteiger partial charge >= 0.3 is 0 Å². The smallest absolute Gasteiger partial charge is 0.190 e. The summed E-state index contributed by atoms with van der Waals surface area (Å²) in [4.78, 5) is 0. The Labute approximate surface area is 126 Å². The van der Waals surface area contributed by atoms with Crippen LogP contribution in [0.25, 0.3) is 0 Å². The van der Waals surface area contributed by atoms with Crippen molar-refractivity contribution in [2.24, 2.45) is 5.92 Å². The molecule has 2 rings (SSSR count). The quantitative estimate of drug-likeness (QED) is 0.642. The topological polar surface area (TPSA) is 9.23 Å². The molecule has 1 fully saturated rings. The molecule has 0 spiro atoms. The van der Waals surface area contributed by atoms with E-state index in [0.29, 0.717) is 12.5 Å². The lowest BCUT2D eigenvalue weighted by Crippen LogP contribution is -2.14. The van der Waals surface area contributed by atoms with Crippen molar-refractivity contribution in [1.29, 1.82) is 0 Å². The highest BCUT2D eigenvalue weighted by Gasteiger charge is 2.24. The van der Waals surface area contributed by atoms with E-state index in [9.17, 15) is 8.78 Å². The predicted octanol–water partition coefficient (Wildman–Crippen LogP) is 5.83. The molecule has 1 saturated carbocycles. The second-order valence-electron chi connectivity index (χ2n) is 6.17. The number of hydrogen-bond donors (Lipinski definition) is 0. The summed E-state index contributed by atoms with van der Waals surface area (Å²) in [6, 6.07) is 2.94. The van der Waals surface area contributed by atoms with E-state index >= 15 is 0 Å². The molecule has 0 aliphatic heterocycles. The molecule has 1 aliphatic rings. The van der Waals surface area contributed by atoms with E-state index in [1.165, 1.54) is 37.8 Å². The van der Waals surface area contributed by atoms with Crippen molar-refractivity contribution < 1.29 is 13.5 Å². The van der Waals surface area contributed by atoms with Crippen LogP contribution in [0.4, 0.5) is 8.78 Å². The number of hydrogen-bond acceptors (Lipinski definition) is 1. The maximum Gasteiger partial charge on any atom is 0.190 e. The molecule has 0 amide bonds. The first-order valence-corrected chi connectivity index (χ1v) is 8.27. The van der Waals surface area contributed by atoms with Crippen molar-refractivity contribution >= 4 is 0 Å². The third kappa shape index (κ3) is 4.18. The summed E-state index contributed by atoms with van der Waals surface area (Å²) in [6.45, 7) is 4.47. The molecule has 1 aromatic carbocycles. The Hall–Kier alpha value is -1.12. The summed E-state index contributed by atoms with van der Waals surface area (Å²) in [7, 11) is 0. The summed E-state index contributed by atoms with van der Waals surface area (Å²) >= 11 is 0. The van der Waals surface area contributed by atoms with Crippen LogP contribution in [-0.4, -0.2) is 6.61 Å². The Morgan fingerprint density at radius 3 is 2.14 bits per heavy atom. The molecule has 0 atom stereocenters. The number of ether oxygens (including phenoxy) is 1. The van der Waals surface area contributed by atoms with E-state index in [1.54, 1.807) is 0 Å². The van der Waals surface area contributed by atoms with Crippen molar-refractivity contribution in [1.82, 2.24) is 0 Å². The first-order chi connectivity index (χ1) is 10.2. The van der Waals surface area contributed by atoms with Gasteiger partial charge in [-0.05, 0) is 61.6 Å². The van der Waals surface area contributed by atoms with Gasteiger partial charge in [0, 0.05) is 0 Å². The molecule has 0 bridgehead atoms. The van der Waals surface area contributed by atoms with Crippen LogP contribution in [0, 0.1) is 17.6 Å². The average molecular weight is 296 g/mol. The van der Waals surface area contributed by atoms with Gasteiger partial charge in [-0.25, -0.2) is 8.78 Å². The molecule has 0 saturated heterocycles. The van der Waals surface area contributed by atoms with Gasteiger partial charge in [0.1, 0.15) is 0 Å². The van der Waals surface area contributed by atoms with Gasteiger partial charge in [-0.1, -0.05) is 26.7 Å². The standard InChI is InChI=1S/C18H26F2O/c1-3-5-13-6-8-14(9-7-13)15-11-16(19)18(17(20)12-15)21-10-4-2/h11-14H,3-10H2,1-2H3. The lowest BCUT2D eigenvalue weighted by atomic mass is 9.77. The maximum absolute atomic E-state index is 14.0. The summed E-state index contributed by atoms with van der Waals surface area (Å²) in [6.07, 6.45) is 7.67. The van der Waals surface area contributed by atoms with Crippen molar-refractivity contribution in [3.63, 3.8) is 0 Å². The number of halogens is 2. The van der Waals surface area contributed by atoms with E-state index in [4.69, 9.17) is 4.74 Å². The van der Waals surface area contributed by atoms with Gasteiger partial charge in [0.15, 0.2) is 17.4 Å². The highest BCUT2D eigenvalue weighted by molar-refractivity contribution is 5.33. The maximum atomic E-state index is 14.0. The van der Waals surface area contributed by atoms with E-state index in [0.717, 1.165) is 30.7 Å². The molecule has 1 aromatic rings. The lowest BCUT2D eigenvalue weighted by molar-refractivity contribution is 0.282. The molecule has 118 valence electrons. The van der Waals surface area contributed by atoms with Gasteiger partial charge < -0.3 is 4.74 Å². The fraction of sp³-hybridized carbons (Fsp3) is 0.667. The number of rotatable bonds is 6. The van der Waals surface area contributed by atoms with Crippen LogP contribution in [0.15, 0.2) is 12.1 Å². The van der Waals surface area contributed by atoms with Crippen LogP contribution in [0.1, 0.15) is 70.3 Å². The van der Waals surface area contributed by atoms with Crippen LogP contribution in [0.2, 0.25) is 0 Å². The molecule has 1 nitrogen and oxygen atoms in total.